The van der Waals surface area contributed by atoms with E-state index < -0.39 is 17.3 Å². The maximum atomic E-state index is 13.4. The van der Waals surface area contributed by atoms with Gasteiger partial charge in [0.2, 0.25) is 0 Å². The first-order valence-electron chi connectivity index (χ1n) is 6.22. The molecule has 5 heteroatoms. The van der Waals surface area contributed by atoms with E-state index >= 15 is 0 Å². The van der Waals surface area contributed by atoms with E-state index in [2.05, 4.69) is 5.32 Å². The predicted octanol–water partition coefficient (Wildman–Crippen LogP) is 2.36. The van der Waals surface area contributed by atoms with Gasteiger partial charge < -0.3 is 14.8 Å². The van der Waals surface area contributed by atoms with Gasteiger partial charge in [-0.25, -0.2) is 4.39 Å². The molecule has 0 spiro atoms. The molecule has 4 nitrogen and oxygen atoms in total. The number of nitrogens with one attached hydrogen (secondary N) is 1. The Balaban J connectivity index is 2.05. The van der Waals surface area contributed by atoms with Crippen molar-refractivity contribution in [2.24, 2.45) is 0 Å². The third kappa shape index (κ3) is 3.05. The molecule has 0 aliphatic carbocycles. The summed E-state index contributed by atoms with van der Waals surface area (Å²) in [5, 5.41) is 12.8. The molecule has 106 valence electrons. The second-order valence-electron chi connectivity index (χ2n) is 4.85. The first-order chi connectivity index (χ1) is 9.40. The molecule has 0 saturated carbocycles. The maximum Gasteiger partial charge on any atom is 0.254 e. The fourth-order valence-corrected chi connectivity index (χ4v) is 1.80. The molecule has 2 rings (SSSR count). The lowest BCUT2D eigenvalue weighted by molar-refractivity contribution is 0.0322. The summed E-state index contributed by atoms with van der Waals surface area (Å²) in [5.74, 6) is -0.158. The fourth-order valence-electron chi connectivity index (χ4n) is 1.80. The molecule has 0 bridgehead atoms. The van der Waals surface area contributed by atoms with Crippen LogP contribution in [-0.2, 0) is 5.60 Å². The average Bonchev–Trinajstić information content (AvgIpc) is 2.84. The number of furan rings is 1. The molecule has 1 aromatic heterocycles. The highest BCUT2D eigenvalue weighted by Gasteiger charge is 2.27. The standard InChI is InChI=1S/C15H16FNO3/c1-10-7-8-13(20-10)15(2,19)9-17-14(18)11-5-3-4-6-12(11)16/h3-8,19H,9H2,1-2H3,(H,17,18). The summed E-state index contributed by atoms with van der Waals surface area (Å²) >= 11 is 0. The molecule has 0 radical (unpaired) electrons. The molecule has 0 aliphatic rings. The van der Waals surface area contributed by atoms with Gasteiger partial charge >= 0.3 is 0 Å². The largest absolute Gasteiger partial charge is 0.463 e. The van der Waals surface area contributed by atoms with Crippen molar-refractivity contribution in [3.05, 3.63) is 59.3 Å². The van der Waals surface area contributed by atoms with E-state index in [-0.39, 0.29) is 12.1 Å². The molecule has 1 unspecified atom stereocenters. The summed E-state index contributed by atoms with van der Waals surface area (Å²) in [7, 11) is 0. The van der Waals surface area contributed by atoms with Crippen molar-refractivity contribution in [2.45, 2.75) is 19.4 Å². The highest BCUT2D eigenvalue weighted by atomic mass is 19.1. The van der Waals surface area contributed by atoms with Crippen LogP contribution in [-0.4, -0.2) is 17.6 Å². The minimum absolute atomic E-state index is 0.0566. The zero-order valence-corrected chi connectivity index (χ0v) is 11.3. The van der Waals surface area contributed by atoms with Gasteiger partial charge in [-0.2, -0.15) is 0 Å². The van der Waals surface area contributed by atoms with Gasteiger partial charge in [-0.3, -0.25) is 4.79 Å². The van der Waals surface area contributed by atoms with Crippen LogP contribution >= 0.6 is 0 Å². The Bertz CT molecular complexity index is 619. The Morgan fingerprint density at radius 1 is 1.35 bits per heavy atom. The predicted molar refractivity (Wildman–Crippen MR) is 71.7 cm³/mol. The number of hydrogen-bond donors (Lipinski definition) is 2. The average molecular weight is 277 g/mol. The van der Waals surface area contributed by atoms with Gasteiger partial charge in [-0.05, 0) is 38.1 Å². The normalized spacial score (nSPS) is 13.8. The molecular formula is C15H16FNO3. The van der Waals surface area contributed by atoms with E-state index in [1.54, 1.807) is 25.1 Å². The Hall–Kier alpha value is -2.14. The number of carbonyl (C=O) groups is 1. The van der Waals surface area contributed by atoms with Gasteiger partial charge in [0.05, 0.1) is 12.1 Å². The van der Waals surface area contributed by atoms with Crippen LogP contribution in [0, 0.1) is 12.7 Å². The molecule has 2 aromatic rings. The Morgan fingerprint density at radius 2 is 2.05 bits per heavy atom. The molecule has 0 aliphatic heterocycles. The van der Waals surface area contributed by atoms with Crippen molar-refractivity contribution >= 4 is 5.91 Å². The molecule has 1 amide bonds. The molecule has 20 heavy (non-hydrogen) atoms. The summed E-state index contributed by atoms with van der Waals surface area (Å²) in [6, 6.07) is 9.05. The SMILES string of the molecule is Cc1ccc(C(C)(O)CNC(=O)c2ccccc2F)o1. The number of hydrogen-bond acceptors (Lipinski definition) is 3. The fraction of sp³-hybridized carbons (Fsp3) is 0.267. The molecule has 0 saturated heterocycles. The number of carbonyl (C=O) groups excluding carboxylic acids is 1. The first-order valence-corrected chi connectivity index (χ1v) is 6.22. The second-order valence-corrected chi connectivity index (χ2v) is 4.85. The van der Waals surface area contributed by atoms with Gasteiger partial charge in [0.25, 0.3) is 5.91 Å². The number of rotatable bonds is 4. The molecule has 1 aromatic carbocycles. The van der Waals surface area contributed by atoms with Crippen molar-refractivity contribution < 1.29 is 18.7 Å². The maximum absolute atomic E-state index is 13.4. The van der Waals surface area contributed by atoms with E-state index in [0.29, 0.717) is 11.5 Å². The van der Waals surface area contributed by atoms with Gasteiger partial charge in [0.1, 0.15) is 22.9 Å². The van der Waals surface area contributed by atoms with E-state index in [9.17, 15) is 14.3 Å². The molecule has 2 N–H and O–H groups in total. The summed E-state index contributed by atoms with van der Waals surface area (Å²) < 4.78 is 18.8. The summed E-state index contributed by atoms with van der Waals surface area (Å²) in [5.41, 5.74) is -1.41. The minimum atomic E-state index is -1.35. The van der Waals surface area contributed by atoms with E-state index in [4.69, 9.17) is 4.42 Å². The van der Waals surface area contributed by atoms with E-state index in [1.807, 2.05) is 0 Å². The zero-order chi connectivity index (χ0) is 14.8. The second kappa shape index (κ2) is 5.46. The van der Waals surface area contributed by atoms with Crippen LogP contribution in [0.5, 0.6) is 0 Å². The van der Waals surface area contributed by atoms with Gasteiger partial charge in [0, 0.05) is 0 Å². The Morgan fingerprint density at radius 3 is 2.65 bits per heavy atom. The summed E-state index contributed by atoms with van der Waals surface area (Å²) in [4.78, 5) is 11.9. The van der Waals surface area contributed by atoms with Crippen LogP contribution in [0.25, 0.3) is 0 Å². The van der Waals surface area contributed by atoms with E-state index in [0.717, 1.165) is 0 Å². The highest BCUT2D eigenvalue weighted by molar-refractivity contribution is 5.94. The Kier molecular flexibility index (Phi) is 3.90. The lowest BCUT2D eigenvalue weighted by atomic mass is 10.0. The number of aryl methyl sites for hydroxylation is 1. The molecule has 0 fully saturated rings. The number of amides is 1. The van der Waals surface area contributed by atoms with Crippen molar-refractivity contribution in [1.82, 2.24) is 5.32 Å². The van der Waals surface area contributed by atoms with Crippen molar-refractivity contribution in [3.63, 3.8) is 0 Å². The van der Waals surface area contributed by atoms with Gasteiger partial charge in [0.15, 0.2) is 0 Å². The van der Waals surface area contributed by atoms with Gasteiger partial charge in [-0.1, -0.05) is 12.1 Å². The number of halogens is 1. The van der Waals surface area contributed by atoms with Gasteiger partial charge in [-0.15, -0.1) is 0 Å². The van der Waals surface area contributed by atoms with E-state index in [1.165, 1.54) is 25.1 Å². The number of benzene rings is 1. The quantitative estimate of drug-likeness (QED) is 0.901. The number of aliphatic hydroxyl groups is 1. The van der Waals surface area contributed by atoms with Crippen molar-refractivity contribution in [2.75, 3.05) is 6.54 Å². The summed E-state index contributed by atoms with van der Waals surface area (Å²) in [6.07, 6.45) is 0. The zero-order valence-electron chi connectivity index (χ0n) is 11.3. The van der Waals surface area contributed by atoms with Crippen LogP contribution in [0.2, 0.25) is 0 Å². The van der Waals surface area contributed by atoms with Crippen molar-refractivity contribution in [3.8, 4) is 0 Å². The molecular weight excluding hydrogens is 261 g/mol. The first kappa shape index (κ1) is 14.3. The monoisotopic (exact) mass is 277 g/mol. The third-order valence-corrected chi connectivity index (χ3v) is 2.98. The highest BCUT2D eigenvalue weighted by Crippen LogP contribution is 2.22. The Labute approximate surface area is 116 Å². The smallest absolute Gasteiger partial charge is 0.254 e. The minimum Gasteiger partial charge on any atom is -0.463 e. The van der Waals surface area contributed by atoms with Crippen LogP contribution in [0.3, 0.4) is 0 Å². The lowest BCUT2D eigenvalue weighted by Gasteiger charge is -2.21. The van der Waals surface area contributed by atoms with Crippen LogP contribution in [0.1, 0.15) is 28.8 Å². The van der Waals surface area contributed by atoms with Crippen LogP contribution < -0.4 is 5.32 Å². The van der Waals surface area contributed by atoms with Crippen LogP contribution in [0.4, 0.5) is 4.39 Å². The summed E-state index contributed by atoms with van der Waals surface area (Å²) in [6.45, 7) is 3.21. The van der Waals surface area contributed by atoms with Crippen molar-refractivity contribution in [1.29, 1.82) is 0 Å². The van der Waals surface area contributed by atoms with Crippen LogP contribution in [0.15, 0.2) is 40.8 Å². The topological polar surface area (TPSA) is 62.5 Å². The third-order valence-electron chi connectivity index (χ3n) is 2.98. The molecule has 1 atom stereocenters. The lowest BCUT2D eigenvalue weighted by Crippen LogP contribution is -2.38. The molecule has 1 heterocycles.